The third-order valence-electron chi connectivity index (χ3n) is 3.57. The summed E-state index contributed by atoms with van der Waals surface area (Å²) in [5.41, 5.74) is 0.764. The smallest absolute Gasteiger partial charge is 0.412 e. The van der Waals surface area contributed by atoms with E-state index in [1.54, 1.807) is 42.5 Å². The van der Waals surface area contributed by atoms with Crippen molar-refractivity contribution in [1.29, 1.82) is 0 Å². The molecule has 3 amide bonds. The Bertz CT molecular complexity index is 845. The van der Waals surface area contributed by atoms with Crippen LogP contribution in [0.3, 0.4) is 0 Å². The maximum atomic E-state index is 12.1. The van der Waals surface area contributed by atoms with Crippen LogP contribution in [0, 0.1) is 0 Å². The molecular formula is C18H14N2O6. The Balaban J connectivity index is 1.59. The van der Waals surface area contributed by atoms with E-state index in [-0.39, 0.29) is 11.1 Å². The van der Waals surface area contributed by atoms with E-state index in [4.69, 9.17) is 9.57 Å². The number of benzene rings is 2. The Morgan fingerprint density at radius 2 is 1.46 bits per heavy atom. The molecular weight excluding hydrogens is 340 g/mol. The zero-order chi connectivity index (χ0) is 18.7. The van der Waals surface area contributed by atoms with Crippen LogP contribution < -0.4 is 5.32 Å². The van der Waals surface area contributed by atoms with Crippen molar-refractivity contribution in [2.45, 2.75) is 13.0 Å². The third-order valence-corrected chi connectivity index (χ3v) is 3.57. The number of carbonyl (C=O) groups is 4. The van der Waals surface area contributed by atoms with Crippen LogP contribution in [-0.4, -0.2) is 35.0 Å². The number of fused-ring (bicyclic) bond motifs is 1. The minimum atomic E-state index is -1.33. The highest BCUT2D eigenvalue weighted by molar-refractivity contribution is 6.20. The maximum absolute atomic E-state index is 12.1. The minimum absolute atomic E-state index is 0.140. The normalized spacial score (nSPS) is 13.8. The average Bonchev–Trinajstić information content (AvgIpc) is 2.87. The van der Waals surface area contributed by atoms with Crippen LogP contribution in [0.1, 0.15) is 27.6 Å². The molecule has 3 rings (SSSR count). The molecule has 2 aromatic rings. The number of rotatable bonds is 4. The fraction of sp³-hybridized carbons (Fsp3) is 0.111. The molecule has 0 saturated heterocycles. The average molecular weight is 354 g/mol. The fourth-order valence-corrected chi connectivity index (χ4v) is 2.29. The lowest BCUT2D eigenvalue weighted by Gasteiger charge is -2.16. The summed E-state index contributed by atoms with van der Waals surface area (Å²) in [6.07, 6.45) is -2.20. The number of nitrogens with zero attached hydrogens (tertiary/aromatic N) is 1. The van der Waals surface area contributed by atoms with Crippen molar-refractivity contribution >= 4 is 29.6 Å². The first-order chi connectivity index (χ1) is 12.5. The third kappa shape index (κ3) is 3.39. The lowest BCUT2D eigenvalue weighted by Crippen LogP contribution is -2.38. The van der Waals surface area contributed by atoms with Crippen molar-refractivity contribution < 1.29 is 28.8 Å². The summed E-state index contributed by atoms with van der Waals surface area (Å²) >= 11 is 0. The van der Waals surface area contributed by atoms with Crippen LogP contribution in [0.5, 0.6) is 0 Å². The van der Waals surface area contributed by atoms with Crippen LogP contribution >= 0.6 is 0 Å². The van der Waals surface area contributed by atoms with Gasteiger partial charge in [-0.05, 0) is 31.2 Å². The number of carbonyl (C=O) groups excluding carboxylic acids is 4. The number of ether oxygens (including phenoxy) is 1. The van der Waals surface area contributed by atoms with Gasteiger partial charge < -0.3 is 9.57 Å². The van der Waals surface area contributed by atoms with E-state index in [0.29, 0.717) is 10.8 Å². The summed E-state index contributed by atoms with van der Waals surface area (Å²) in [6, 6.07) is 14.6. The molecule has 1 unspecified atom stereocenters. The summed E-state index contributed by atoms with van der Waals surface area (Å²) in [7, 11) is 0. The van der Waals surface area contributed by atoms with Crippen LogP contribution in [0.2, 0.25) is 0 Å². The summed E-state index contributed by atoms with van der Waals surface area (Å²) in [6.45, 7) is 1.27. The molecule has 26 heavy (non-hydrogen) atoms. The number of hydroxylamine groups is 2. The quantitative estimate of drug-likeness (QED) is 0.846. The van der Waals surface area contributed by atoms with Gasteiger partial charge in [0.15, 0.2) is 6.10 Å². The molecule has 132 valence electrons. The second-order valence-electron chi connectivity index (χ2n) is 5.40. The predicted octanol–water partition coefficient (Wildman–Crippen LogP) is 2.38. The minimum Gasteiger partial charge on any atom is -0.434 e. The number of amides is 3. The van der Waals surface area contributed by atoms with Crippen LogP contribution in [0.25, 0.3) is 0 Å². The van der Waals surface area contributed by atoms with Gasteiger partial charge in [-0.1, -0.05) is 35.4 Å². The Morgan fingerprint density at radius 3 is 2.04 bits per heavy atom. The second kappa shape index (κ2) is 7.06. The molecule has 0 spiro atoms. The number of hydrogen-bond donors (Lipinski definition) is 1. The summed E-state index contributed by atoms with van der Waals surface area (Å²) < 4.78 is 4.90. The van der Waals surface area contributed by atoms with Gasteiger partial charge in [0.2, 0.25) is 0 Å². The largest absolute Gasteiger partial charge is 0.434 e. The summed E-state index contributed by atoms with van der Waals surface area (Å²) in [5, 5.41) is 2.80. The van der Waals surface area contributed by atoms with Crippen molar-refractivity contribution in [3.63, 3.8) is 0 Å². The number of anilines is 1. The van der Waals surface area contributed by atoms with Gasteiger partial charge in [-0.15, -0.1) is 0 Å². The highest BCUT2D eigenvalue weighted by Gasteiger charge is 2.39. The van der Waals surface area contributed by atoms with Crippen molar-refractivity contribution in [3.05, 3.63) is 65.7 Å². The molecule has 1 aliphatic heterocycles. The summed E-state index contributed by atoms with van der Waals surface area (Å²) in [4.78, 5) is 52.9. The number of para-hydroxylation sites is 1. The fourth-order valence-electron chi connectivity index (χ4n) is 2.29. The maximum Gasteiger partial charge on any atom is 0.412 e. The molecule has 1 aliphatic rings. The van der Waals surface area contributed by atoms with Crippen molar-refractivity contribution in [2.75, 3.05) is 5.32 Å². The zero-order valence-electron chi connectivity index (χ0n) is 13.7. The molecule has 1 heterocycles. The molecule has 1 N–H and O–H groups in total. The lowest BCUT2D eigenvalue weighted by molar-refractivity contribution is -0.177. The first kappa shape index (κ1) is 17.2. The molecule has 8 heteroatoms. The molecule has 0 bridgehead atoms. The molecule has 0 fully saturated rings. The molecule has 0 aromatic heterocycles. The van der Waals surface area contributed by atoms with Gasteiger partial charge in [0.05, 0.1) is 11.1 Å². The zero-order valence-corrected chi connectivity index (χ0v) is 13.7. The van der Waals surface area contributed by atoms with Crippen LogP contribution in [0.15, 0.2) is 54.6 Å². The van der Waals surface area contributed by atoms with E-state index in [1.807, 2.05) is 0 Å². The van der Waals surface area contributed by atoms with Crippen molar-refractivity contribution in [1.82, 2.24) is 5.06 Å². The standard InChI is InChI=1S/C18H14N2O6/c1-11(25-18(24)19-12-7-3-2-4-8-12)17(23)26-20-15(21)13-9-5-6-10-14(13)16(20)22/h2-11H,1H3,(H,19,24). The van der Waals surface area contributed by atoms with E-state index < -0.39 is 30.0 Å². The van der Waals surface area contributed by atoms with Gasteiger partial charge in [0.25, 0.3) is 11.8 Å². The highest BCUT2D eigenvalue weighted by Crippen LogP contribution is 2.23. The number of imide groups is 1. The molecule has 0 radical (unpaired) electrons. The Morgan fingerprint density at radius 1 is 0.923 bits per heavy atom. The monoisotopic (exact) mass is 354 g/mol. The molecule has 8 nitrogen and oxygen atoms in total. The van der Waals surface area contributed by atoms with Gasteiger partial charge in [-0.25, -0.2) is 9.59 Å². The first-order valence-electron chi connectivity index (χ1n) is 7.69. The Hall–Kier alpha value is -3.68. The van der Waals surface area contributed by atoms with E-state index in [1.165, 1.54) is 19.1 Å². The van der Waals surface area contributed by atoms with E-state index in [9.17, 15) is 19.2 Å². The first-order valence-corrected chi connectivity index (χ1v) is 7.69. The second-order valence-corrected chi connectivity index (χ2v) is 5.40. The van der Waals surface area contributed by atoms with Gasteiger partial charge in [-0.3, -0.25) is 14.9 Å². The molecule has 0 aliphatic carbocycles. The van der Waals surface area contributed by atoms with Gasteiger partial charge in [0.1, 0.15) is 0 Å². The lowest BCUT2D eigenvalue weighted by atomic mass is 10.1. The number of hydrogen-bond acceptors (Lipinski definition) is 6. The molecule has 2 aromatic carbocycles. The SMILES string of the molecule is CC(OC(=O)Nc1ccccc1)C(=O)ON1C(=O)c2ccccc2C1=O. The predicted molar refractivity (Wildman–Crippen MR) is 89.0 cm³/mol. The van der Waals surface area contributed by atoms with Gasteiger partial charge >= 0.3 is 12.1 Å². The van der Waals surface area contributed by atoms with Gasteiger partial charge in [0, 0.05) is 5.69 Å². The van der Waals surface area contributed by atoms with Gasteiger partial charge in [-0.2, -0.15) is 0 Å². The topological polar surface area (TPSA) is 102 Å². The molecule has 1 atom stereocenters. The van der Waals surface area contributed by atoms with E-state index >= 15 is 0 Å². The Labute approximate surface area is 148 Å². The van der Waals surface area contributed by atoms with E-state index in [0.717, 1.165) is 0 Å². The Kier molecular flexibility index (Phi) is 4.66. The number of nitrogens with one attached hydrogen (secondary N) is 1. The van der Waals surface area contributed by atoms with E-state index in [2.05, 4.69) is 5.32 Å². The highest BCUT2D eigenvalue weighted by atomic mass is 16.7. The van der Waals surface area contributed by atoms with Crippen molar-refractivity contribution in [3.8, 4) is 0 Å². The van der Waals surface area contributed by atoms with Crippen LogP contribution in [-0.2, 0) is 14.4 Å². The molecule has 0 saturated carbocycles. The summed E-state index contributed by atoms with van der Waals surface area (Å²) in [5.74, 6) is -2.55. The van der Waals surface area contributed by atoms with Crippen LogP contribution in [0.4, 0.5) is 10.5 Å². The van der Waals surface area contributed by atoms with Crippen molar-refractivity contribution in [2.24, 2.45) is 0 Å².